The zero-order chi connectivity index (χ0) is 12.4. The van der Waals surface area contributed by atoms with E-state index in [0.717, 1.165) is 12.8 Å². The van der Waals surface area contributed by atoms with Gasteiger partial charge in [-0.2, -0.15) is 0 Å². The summed E-state index contributed by atoms with van der Waals surface area (Å²) in [5.41, 5.74) is 2.38. The van der Waals surface area contributed by atoms with Crippen molar-refractivity contribution in [2.75, 3.05) is 0 Å². The highest BCUT2D eigenvalue weighted by atomic mass is 16.4. The molecule has 0 amide bonds. The fourth-order valence-electron chi connectivity index (χ4n) is 2.27. The highest BCUT2D eigenvalue weighted by molar-refractivity contribution is 5.74. The lowest BCUT2D eigenvalue weighted by molar-refractivity contribution is -0.140. The molecule has 0 radical (unpaired) electrons. The Labute approximate surface area is 102 Å². The van der Waals surface area contributed by atoms with Crippen molar-refractivity contribution in [2.45, 2.75) is 38.8 Å². The molecule has 1 aliphatic rings. The molecule has 17 heavy (non-hydrogen) atoms. The fraction of sp³-hybridized carbons (Fsp3) is 0.500. The first kappa shape index (κ1) is 12.1. The van der Waals surface area contributed by atoms with Crippen molar-refractivity contribution < 1.29 is 9.90 Å². The van der Waals surface area contributed by atoms with Gasteiger partial charge in [-0.15, -0.1) is 0 Å². The van der Waals surface area contributed by atoms with Crippen molar-refractivity contribution in [2.24, 2.45) is 5.92 Å². The summed E-state index contributed by atoms with van der Waals surface area (Å²) in [6.07, 6.45) is 2.06. The number of nitrogens with one attached hydrogen (secondary N) is 1. The number of carboxylic acids is 1. The molecule has 3 nitrogen and oxygen atoms in total. The summed E-state index contributed by atoms with van der Waals surface area (Å²) in [6, 6.07) is 7.79. The molecule has 1 aromatic rings. The lowest BCUT2D eigenvalue weighted by atomic mass is 10.0. The van der Waals surface area contributed by atoms with Gasteiger partial charge in [0.15, 0.2) is 0 Å². The van der Waals surface area contributed by atoms with E-state index in [0.29, 0.717) is 5.92 Å². The topological polar surface area (TPSA) is 49.3 Å². The summed E-state index contributed by atoms with van der Waals surface area (Å²) < 4.78 is 0. The third-order valence-corrected chi connectivity index (χ3v) is 3.44. The summed E-state index contributed by atoms with van der Waals surface area (Å²) >= 11 is 0. The van der Waals surface area contributed by atoms with Crippen LogP contribution in [0.4, 0.5) is 0 Å². The number of aryl methyl sites for hydroxylation is 1. The molecule has 0 bridgehead atoms. The van der Waals surface area contributed by atoms with Crippen molar-refractivity contribution in [1.29, 1.82) is 0 Å². The van der Waals surface area contributed by atoms with E-state index in [-0.39, 0.29) is 6.04 Å². The summed E-state index contributed by atoms with van der Waals surface area (Å²) in [6.45, 7) is 4.08. The molecule has 0 aliphatic heterocycles. The van der Waals surface area contributed by atoms with Crippen LogP contribution in [0.25, 0.3) is 0 Å². The van der Waals surface area contributed by atoms with Crippen LogP contribution >= 0.6 is 0 Å². The van der Waals surface area contributed by atoms with Crippen molar-refractivity contribution in [1.82, 2.24) is 5.32 Å². The summed E-state index contributed by atoms with van der Waals surface area (Å²) in [4.78, 5) is 11.2. The first-order valence-corrected chi connectivity index (χ1v) is 6.14. The molecular weight excluding hydrogens is 214 g/mol. The molecule has 0 heterocycles. The Kier molecular flexibility index (Phi) is 3.48. The third kappa shape index (κ3) is 2.86. The number of rotatable bonds is 5. The maximum absolute atomic E-state index is 11.2. The van der Waals surface area contributed by atoms with E-state index >= 15 is 0 Å². The van der Waals surface area contributed by atoms with Crippen LogP contribution in [0.5, 0.6) is 0 Å². The van der Waals surface area contributed by atoms with E-state index in [1.807, 2.05) is 19.1 Å². The molecule has 3 heteroatoms. The molecule has 1 aromatic carbocycles. The van der Waals surface area contributed by atoms with Gasteiger partial charge in [0.2, 0.25) is 0 Å². The van der Waals surface area contributed by atoms with Gasteiger partial charge in [-0.1, -0.05) is 24.3 Å². The van der Waals surface area contributed by atoms with Crippen LogP contribution in [0.3, 0.4) is 0 Å². The maximum Gasteiger partial charge on any atom is 0.320 e. The average molecular weight is 233 g/mol. The van der Waals surface area contributed by atoms with Crippen molar-refractivity contribution in [3.63, 3.8) is 0 Å². The third-order valence-electron chi connectivity index (χ3n) is 3.44. The molecular formula is C14H19NO2. The second kappa shape index (κ2) is 4.88. The predicted octanol–water partition coefficient (Wildman–Crippen LogP) is 2.51. The summed E-state index contributed by atoms with van der Waals surface area (Å²) in [5.74, 6) is -0.410. The van der Waals surface area contributed by atoms with E-state index in [1.54, 1.807) is 0 Å². The lowest BCUT2D eigenvalue weighted by Crippen LogP contribution is -2.40. The quantitative estimate of drug-likeness (QED) is 0.821. The molecule has 1 fully saturated rings. The minimum Gasteiger partial charge on any atom is -0.480 e. The molecule has 1 saturated carbocycles. The number of aliphatic carboxylic acids is 1. The Bertz CT molecular complexity index is 412. The Morgan fingerprint density at radius 1 is 1.41 bits per heavy atom. The highest BCUT2D eigenvalue weighted by Crippen LogP contribution is 2.34. The maximum atomic E-state index is 11.2. The largest absolute Gasteiger partial charge is 0.480 e. The minimum atomic E-state index is -0.729. The predicted molar refractivity (Wildman–Crippen MR) is 66.9 cm³/mol. The van der Waals surface area contributed by atoms with Crippen LogP contribution in [0, 0.1) is 12.8 Å². The van der Waals surface area contributed by atoms with Gasteiger partial charge in [0, 0.05) is 6.04 Å². The molecule has 0 saturated heterocycles. The number of hydrogen-bond acceptors (Lipinski definition) is 2. The Balaban J connectivity index is 2.07. The van der Waals surface area contributed by atoms with Gasteiger partial charge in [0.05, 0.1) is 0 Å². The second-order valence-electron chi connectivity index (χ2n) is 4.90. The normalized spacial score (nSPS) is 18.7. The first-order valence-electron chi connectivity index (χ1n) is 6.14. The van der Waals surface area contributed by atoms with E-state index in [2.05, 4.69) is 24.4 Å². The zero-order valence-corrected chi connectivity index (χ0v) is 10.3. The second-order valence-corrected chi connectivity index (χ2v) is 4.90. The van der Waals surface area contributed by atoms with E-state index in [1.165, 1.54) is 11.1 Å². The summed E-state index contributed by atoms with van der Waals surface area (Å²) in [5, 5.41) is 12.4. The molecule has 1 unspecified atom stereocenters. The van der Waals surface area contributed by atoms with Gasteiger partial charge in [-0.05, 0) is 43.7 Å². The van der Waals surface area contributed by atoms with Crippen LogP contribution in [-0.4, -0.2) is 17.1 Å². The summed E-state index contributed by atoms with van der Waals surface area (Å²) in [7, 11) is 0. The zero-order valence-electron chi connectivity index (χ0n) is 10.3. The molecule has 0 aromatic heterocycles. The fourth-order valence-corrected chi connectivity index (χ4v) is 2.27. The minimum absolute atomic E-state index is 0.0814. The average Bonchev–Trinajstić information content (AvgIpc) is 3.09. The van der Waals surface area contributed by atoms with Crippen LogP contribution in [0.1, 0.15) is 36.9 Å². The number of hydrogen-bond donors (Lipinski definition) is 2. The Hall–Kier alpha value is -1.35. The van der Waals surface area contributed by atoms with E-state index in [4.69, 9.17) is 0 Å². The molecule has 2 N–H and O–H groups in total. The highest BCUT2D eigenvalue weighted by Gasteiger charge is 2.36. The van der Waals surface area contributed by atoms with Gasteiger partial charge in [0.1, 0.15) is 6.04 Å². The molecule has 1 aliphatic carbocycles. The smallest absolute Gasteiger partial charge is 0.320 e. The van der Waals surface area contributed by atoms with Crippen LogP contribution < -0.4 is 5.32 Å². The van der Waals surface area contributed by atoms with Crippen LogP contribution in [0.15, 0.2) is 24.3 Å². The molecule has 92 valence electrons. The van der Waals surface area contributed by atoms with E-state index in [9.17, 15) is 9.90 Å². The standard InChI is InChI=1S/C14H19NO2/c1-9-5-3-4-6-12(9)10(2)15-13(14(16)17)11-7-8-11/h3-6,10-11,13,15H,7-8H2,1-2H3,(H,16,17)/t10-,13?/m1/s1. The molecule has 2 atom stereocenters. The Morgan fingerprint density at radius 3 is 2.59 bits per heavy atom. The number of carboxylic acid groups (broad SMARTS) is 1. The van der Waals surface area contributed by atoms with Crippen molar-refractivity contribution in [3.05, 3.63) is 35.4 Å². The van der Waals surface area contributed by atoms with Gasteiger partial charge < -0.3 is 5.11 Å². The number of benzene rings is 1. The van der Waals surface area contributed by atoms with Crippen molar-refractivity contribution in [3.8, 4) is 0 Å². The van der Waals surface area contributed by atoms with Gasteiger partial charge in [-0.25, -0.2) is 0 Å². The van der Waals surface area contributed by atoms with Crippen molar-refractivity contribution >= 4 is 5.97 Å². The van der Waals surface area contributed by atoms with E-state index < -0.39 is 12.0 Å². The van der Waals surface area contributed by atoms with Crippen LogP contribution in [0.2, 0.25) is 0 Å². The number of carbonyl (C=O) groups is 1. The van der Waals surface area contributed by atoms with Gasteiger partial charge in [0.25, 0.3) is 0 Å². The SMILES string of the molecule is Cc1ccccc1[C@@H](C)NC(C(=O)O)C1CC1. The van der Waals surface area contributed by atoms with Crippen LogP contribution in [-0.2, 0) is 4.79 Å². The Morgan fingerprint density at radius 2 is 2.06 bits per heavy atom. The van der Waals surface area contributed by atoms with Gasteiger partial charge >= 0.3 is 5.97 Å². The molecule has 0 spiro atoms. The molecule has 2 rings (SSSR count). The lowest BCUT2D eigenvalue weighted by Gasteiger charge is -2.21. The first-order chi connectivity index (χ1) is 8.09. The van der Waals surface area contributed by atoms with Gasteiger partial charge in [-0.3, -0.25) is 10.1 Å². The monoisotopic (exact) mass is 233 g/mol.